The van der Waals surface area contributed by atoms with Crippen LogP contribution < -0.4 is 15.0 Å². The Bertz CT molecular complexity index is 445. The zero-order valence-electron chi connectivity index (χ0n) is 11.2. The lowest BCUT2D eigenvalue weighted by molar-refractivity contribution is -0.119. The Hall–Kier alpha value is -1.55. The molecule has 1 aromatic carbocycles. The maximum atomic E-state index is 12.0. The molecule has 1 aliphatic rings. The molecule has 0 bridgehead atoms. The van der Waals surface area contributed by atoms with E-state index in [1.807, 2.05) is 26.2 Å². The van der Waals surface area contributed by atoms with Crippen LogP contribution in [-0.2, 0) is 4.79 Å². The first-order valence-electron chi connectivity index (χ1n) is 6.27. The zero-order valence-corrected chi connectivity index (χ0v) is 11.2. The molecule has 4 heteroatoms. The van der Waals surface area contributed by atoms with Crippen molar-refractivity contribution >= 4 is 11.6 Å². The standard InChI is InChI=1S/C14H20N2O2/c1-15-8-7-10-9-13(17)16(2)14-11(10)5-4-6-12(14)18-3/h4-6,10,15H,7-9H2,1-3H3. The molecule has 1 amide bonds. The first kappa shape index (κ1) is 12.9. The van der Waals surface area contributed by atoms with Crippen LogP contribution in [0.4, 0.5) is 5.69 Å². The summed E-state index contributed by atoms with van der Waals surface area (Å²) in [6.07, 6.45) is 1.55. The molecule has 4 nitrogen and oxygen atoms in total. The monoisotopic (exact) mass is 248 g/mol. The normalized spacial score (nSPS) is 18.7. The highest BCUT2D eigenvalue weighted by molar-refractivity contribution is 5.98. The van der Waals surface area contributed by atoms with Gasteiger partial charge in [-0.2, -0.15) is 0 Å². The summed E-state index contributed by atoms with van der Waals surface area (Å²) in [7, 11) is 5.40. The first-order valence-corrected chi connectivity index (χ1v) is 6.27. The number of benzene rings is 1. The van der Waals surface area contributed by atoms with Gasteiger partial charge in [0.25, 0.3) is 0 Å². The van der Waals surface area contributed by atoms with E-state index >= 15 is 0 Å². The van der Waals surface area contributed by atoms with E-state index in [1.54, 1.807) is 12.0 Å². The van der Waals surface area contributed by atoms with E-state index in [4.69, 9.17) is 4.74 Å². The van der Waals surface area contributed by atoms with Crippen molar-refractivity contribution in [2.24, 2.45) is 0 Å². The fourth-order valence-electron chi connectivity index (χ4n) is 2.55. The van der Waals surface area contributed by atoms with Crippen molar-refractivity contribution in [2.75, 3.05) is 32.6 Å². The molecule has 0 radical (unpaired) electrons. The Labute approximate surface area is 108 Å². The number of para-hydroxylation sites is 1. The van der Waals surface area contributed by atoms with E-state index in [-0.39, 0.29) is 11.8 Å². The number of carbonyl (C=O) groups excluding carboxylic acids is 1. The van der Waals surface area contributed by atoms with Gasteiger partial charge in [0.05, 0.1) is 12.8 Å². The molecule has 0 aliphatic carbocycles. The summed E-state index contributed by atoms with van der Waals surface area (Å²) in [4.78, 5) is 13.8. The molecule has 0 saturated carbocycles. The smallest absolute Gasteiger partial charge is 0.227 e. The van der Waals surface area contributed by atoms with Crippen LogP contribution in [0.5, 0.6) is 5.75 Å². The Morgan fingerprint density at radius 1 is 1.50 bits per heavy atom. The molecule has 98 valence electrons. The van der Waals surface area contributed by atoms with E-state index < -0.39 is 0 Å². The highest BCUT2D eigenvalue weighted by Crippen LogP contribution is 2.42. The molecule has 2 rings (SSSR count). The molecule has 1 aromatic rings. The van der Waals surface area contributed by atoms with Gasteiger partial charge in [-0.05, 0) is 37.6 Å². The summed E-state index contributed by atoms with van der Waals surface area (Å²) >= 11 is 0. The van der Waals surface area contributed by atoms with Crippen molar-refractivity contribution in [1.82, 2.24) is 5.32 Å². The average Bonchev–Trinajstić information content (AvgIpc) is 2.40. The van der Waals surface area contributed by atoms with Gasteiger partial charge in [-0.3, -0.25) is 4.79 Å². The minimum atomic E-state index is 0.160. The van der Waals surface area contributed by atoms with E-state index in [0.29, 0.717) is 6.42 Å². The molecule has 18 heavy (non-hydrogen) atoms. The highest BCUT2D eigenvalue weighted by atomic mass is 16.5. The molecule has 0 fully saturated rings. The van der Waals surface area contributed by atoms with Crippen LogP contribution >= 0.6 is 0 Å². The van der Waals surface area contributed by atoms with Crippen molar-refractivity contribution in [1.29, 1.82) is 0 Å². The van der Waals surface area contributed by atoms with Crippen LogP contribution in [0.25, 0.3) is 0 Å². The maximum Gasteiger partial charge on any atom is 0.227 e. The summed E-state index contributed by atoms with van der Waals surface area (Å²) in [6, 6.07) is 6.00. The molecule has 1 heterocycles. The van der Waals surface area contributed by atoms with E-state index in [9.17, 15) is 4.79 Å². The van der Waals surface area contributed by atoms with Crippen molar-refractivity contribution in [3.63, 3.8) is 0 Å². The van der Waals surface area contributed by atoms with Gasteiger partial charge in [0.15, 0.2) is 0 Å². The van der Waals surface area contributed by atoms with Crippen LogP contribution in [0.3, 0.4) is 0 Å². The number of fused-ring (bicyclic) bond motifs is 1. The average molecular weight is 248 g/mol. The molecule has 1 atom stereocenters. The number of carbonyl (C=O) groups is 1. The van der Waals surface area contributed by atoms with Crippen LogP contribution in [0.15, 0.2) is 18.2 Å². The minimum Gasteiger partial charge on any atom is -0.495 e. The summed E-state index contributed by atoms with van der Waals surface area (Å²) in [5.41, 5.74) is 2.14. The number of ether oxygens (including phenoxy) is 1. The number of hydrogen-bond acceptors (Lipinski definition) is 3. The quantitative estimate of drug-likeness (QED) is 0.882. The van der Waals surface area contributed by atoms with Gasteiger partial charge in [-0.25, -0.2) is 0 Å². The fourth-order valence-corrected chi connectivity index (χ4v) is 2.55. The Morgan fingerprint density at radius 3 is 2.94 bits per heavy atom. The van der Waals surface area contributed by atoms with Crippen molar-refractivity contribution in [3.05, 3.63) is 23.8 Å². The fraction of sp³-hybridized carbons (Fsp3) is 0.500. The van der Waals surface area contributed by atoms with Gasteiger partial charge in [-0.1, -0.05) is 12.1 Å². The van der Waals surface area contributed by atoms with Crippen LogP contribution in [-0.4, -0.2) is 33.7 Å². The number of nitrogens with one attached hydrogen (secondary N) is 1. The second-order valence-electron chi connectivity index (χ2n) is 4.64. The lowest BCUT2D eigenvalue weighted by atomic mass is 9.87. The van der Waals surface area contributed by atoms with E-state index in [2.05, 4.69) is 11.4 Å². The van der Waals surface area contributed by atoms with Crippen LogP contribution in [0.1, 0.15) is 24.3 Å². The largest absolute Gasteiger partial charge is 0.495 e. The predicted molar refractivity (Wildman–Crippen MR) is 72.3 cm³/mol. The number of anilines is 1. The van der Waals surface area contributed by atoms with Gasteiger partial charge in [0, 0.05) is 13.5 Å². The molecular formula is C14H20N2O2. The summed E-state index contributed by atoms with van der Waals surface area (Å²) < 4.78 is 5.37. The molecule has 1 unspecified atom stereocenters. The van der Waals surface area contributed by atoms with Crippen molar-refractivity contribution in [2.45, 2.75) is 18.8 Å². The molecule has 0 saturated heterocycles. The predicted octanol–water partition coefficient (Wildman–Crippen LogP) is 1.75. The van der Waals surface area contributed by atoms with Gasteiger partial charge in [0.1, 0.15) is 5.75 Å². The van der Waals surface area contributed by atoms with Gasteiger partial charge in [0.2, 0.25) is 5.91 Å². The van der Waals surface area contributed by atoms with Gasteiger partial charge >= 0.3 is 0 Å². The number of hydrogen-bond donors (Lipinski definition) is 1. The van der Waals surface area contributed by atoms with Crippen LogP contribution in [0.2, 0.25) is 0 Å². The molecular weight excluding hydrogens is 228 g/mol. The lowest BCUT2D eigenvalue weighted by Crippen LogP contribution is -2.34. The highest BCUT2D eigenvalue weighted by Gasteiger charge is 2.30. The third-order valence-corrected chi connectivity index (χ3v) is 3.56. The lowest BCUT2D eigenvalue weighted by Gasteiger charge is -2.32. The summed E-state index contributed by atoms with van der Waals surface area (Å²) in [5, 5.41) is 3.14. The third-order valence-electron chi connectivity index (χ3n) is 3.56. The Morgan fingerprint density at radius 2 is 2.28 bits per heavy atom. The van der Waals surface area contributed by atoms with Gasteiger partial charge < -0.3 is 15.0 Å². The Balaban J connectivity index is 2.41. The van der Waals surface area contributed by atoms with Crippen molar-refractivity contribution < 1.29 is 9.53 Å². The number of nitrogens with zero attached hydrogens (tertiary/aromatic N) is 1. The van der Waals surface area contributed by atoms with Crippen molar-refractivity contribution in [3.8, 4) is 5.75 Å². The van der Waals surface area contributed by atoms with Crippen LogP contribution in [0, 0.1) is 0 Å². The SMILES string of the molecule is CNCCC1CC(=O)N(C)c2c(OC)cccc21. The molecule has 0 aromatic heterocycles. The summed E-state index contributed by atoms with van der Waals surface area (Å²) in [5.74, 6) is 1.22. The molecule has 0 spiro atoms. The second kappa shape index (κ2) is 5.40. The van der Waals surface area contributed by atoms with E-state index in [0.717, 1.165) is 24.4 Å². The van der Waals surface area contributed by atoms with Gasteiger partial charge in [-0.15, -0.1) is 0 Å². The number of rotatable bonds is 4. The third kappa shape index (κ3) is 2.20. The minimum absolute atomic E-state index is 0.160. The topological polar surface area (TPSA) is 41.6 Å². The summed E-state index contributed by atoms with van der Waals surface area (Å²) in [6.45, 7) is 0.915. The Kier molecular flexibility index (Phi) is 3.87. The number of amides is 1. The maximum absolute atomic E-state index is 12.0. The number of methoxy groups -OCH3 is 1. The first-order chi connectivity index (χ1) is 8.69. The van der Waals surface area contributed by atoms with E-state index in [1.165, 1.54) is 5.56 Å². The second-order valence-corrected chi connectivity index (χ2v) is 4.64. The molecule has 1 aliphatic heterocycles. The molecule has 1 N–H and O–H groups in total. The zero-order chi connectivity index (χ0) is 13.1.